The van der Waals surface area contributed by atoms with Crippen LogP contribution in [0.1, 0.15) is 5.82 Å². The standard InChI is InChI=1S/C20H21FN4O4/c1-25(11-19(26)22-13-6-4-5-12(21)7-13)10-18-23-15-9-17(29-3)16(28-2)8-14(15)20(27)24-18/h4-9H,10-11H2,1-3H3,(H,22,26)(H,23,24,27)/p+1. The second-order valence-electron chi connectivity index (χ2n) is 6.61. The number of halogens is 1. The number of hydrogen-bond acceptors (Lipinski definition) is 5. The van der Waals surface area contributed by atoms with Gasteiger partial charge in [-0.25, -0.2) is 9.37 Å². The molecule has 0 spiro atoms. The first kappa shape index (κ1) is 20.3. The Kier molecular flexibility index (Phi) is 6.08. The minimum atomic E-state index is -0.423. The largest absolute Gasteiger partial charge is 0.493 e. The van der Waals surface area contributed by atoms with E-state index < -0.39 is 5.82 Å². The number of quaternary nitrogens is 1. The number of nitrogens with one attached hydrogen (secondary N) is 3. The van der Waals surface area contributed by atoms with Crippen LogP contribution >= 0.6 is 0 Å². The number of methoxy groups -OCH3 is 2. The Bertz CT molecular complexity index is 1100. The van der Waals surface area contributed by atoms with Gasteiger partial charge in [0.1, 0.15) is 12.4 Å². The van der Waals surface area contributed by atoms with E-state index >= 15 is 0 Å². The molecule has 1 heterocycles. The van der Waals surface area contributed by atoms with Gasteiger partial charge in [-0.2, -0.15) is 0 Å². The first-order valence-corrected chi connectivity index (χ1v) is 8.91. The van der Waals surface area contributed by atoms with Gasteiger partial charge in [-0.05, 0) is 24.3 Å². The van der Waals surface area contributed by atoms with Crippen molar-refractivity contribution in [2.45, 2.75) is 6.54 Å². The van der Waals surface area contributed by atoms with Gasteiger partial charge < -0.3 is 24.7 Å². The molecule has 0 radical (unpaired) electrons. The van der Waals surface area contributed by atoms with Crippen LogP contribution in [0.15, 0.2) is 41.2 Å². The fraction of sp³-hybridized carbons (Fsp3) is 0.250. The van der Waals surface area contributed by atoms with Crippen molar-refractivity contribution in [1.29, 1.82) is 0 Å². The van der Waals surface area contributed by atoms with E-state index in [9.17, 15) is 14.0 Å². The number of amides is 1. The van der Waals surface area contributed by atoms with Gasteiger partial charge in [0.2, 0.25) is 0 Å². The quantitative estimate of drug-likeness (QED) is 0.542. The molecule has 152 valence electrons. The number of rotatable bonds is 7. The van der Waals surface area contributed by atoms with Crippen LogP contribution in [0.2, 0.25) is 0 Å². The third kappa shape index (κ3) is 4.88. The van der Waals surface area contributed by atoms with E-state index in [0.29, 0.717) is 40.5 Å². The predicted octanol–water partition coefficient (Wildman–Crippen LogP) is 0.733. The van der Waals surface area contributed by atoms with E-state index in [0.717, 1.165) is 4.90 Å². The van der Waals surface area contributed by atoms with Crippen molar-refractivity contribution in [2.24, 2.45) is 0 Å². The number of ether oxygens (including phenoxy) is 2. The lowest BCUT2D eigenvalue weighted by atomic mass is 10.2. The highest BCUT2D eigenvalue weighted by atomic mass is 19.1. The minimum absolute atomic E-state index is 0.115. The average Bonchev–Trinajstić information content (AvgIpc) is 2.66. The zero-order valence-corrected chi connectivity index (χ0v) is 16.3. The number of fused-ring (bicyclic) bond motifs is 1. The van der Waals surface area contributed by atoms with Crippen LogP contribution in [0.4, 0.5) is 10.1 Å². The summed E-state index contributed by atoms with van der Waals surface area (Å²) in [6, 6.07) is 8.90. The van der Waals surface area contributed by atoms with Gasteiger partial charge in [-0.15, -0.1) is 0 Å². The van der Waals surface area contributed by atoms with Crippen LogP contribution in [0, 0.1) is 5.82 Å². The minimum Gasteiger partial charge on any atom is -0.493 e. The summed E-state index contributed by atoms with van der Waals surface area (Å²) in [5.74, 6) is 0.651. The van der Waals surface area contributed by atoms with Gasteiger partial charge in [0.15, 0.2) is 23.9 Å². The van der Waals surface area contributed by atoms with Gasteiger partial charge in [0.05, 0.1) is 32.2 Å². The molecule has 0 aliphatic rings. The molecular formula is C20H22FN4O4+. The van der Waals surface area contributed by atoms with Crippen LogP contribution in [0.3, 0.4) is 0 Å². The molecule has 29 heavy (non-hydrogen) atoms. The third-order valence-corrected chi connectivity index (χ3v) is 4.30. The maximum absolute atomic E-state index is 13.2. The highest BCUT2D eigenvalue weighted by Gasteiger charge is 2.15. The van der Waals surface area contributed by atoms with Crippen LogP contribution in [-0.2, 0) is 11.3 Å². The molecule has 0 bridgehead atoms. The summed E-state index contributed by atoms with van der Waals surface area (Å²) in [6.45, 7) is 0.431. The molecule has 0 saturated heterocycles. The summed E-state index contributed by atoms with van der Waals surface area (Å²) in [5, 5.41) is 3.03. The lowest BCUT2D eigenvalue weighted by Crippen LogP contribution is -3.08. The summed E-state index contributed by atoms with van der Waals surface area (Å²) < 4.78 is 23.7. The van der Waals surface area contributed by atoms with Crippen LogP contribution in [0.5, 0.6) is 11.5 Å². The molecular weight excluding hydrogens is 379 g/mol. The van der Waals surface area contributed by atoms with Gasteiger partial charge in [0.25, 0.3) is 11.5 Å². The van der Waals surface area contributed by atoms with Crippen molar-refractivity contribution in [3.05, 3.63) is 58.4 Å². The number of hydrogen-bond donors (Lipinski definition) is 3. The zero-order chi connectivity index (χ0) is 21.0. The molecule has 3 N–H and O–H groups in total. The highest BCUT2D eigenvalue weighted by Crippen LogP contribution is 2.29. The van der Waals surface area contributed by atoms with E-state index in [1.54, 1.807) is 25.2 Å². The first-order valence-electron chi connectivity index (χ1n) is 8.91. The molecule has 0 fully saturated rings. The summed E-state index contributed by atoms with van der Waals surface area (Å²) in [7, 11) is 4.80. The summed E-state index contributed by atoms with van der Waals surface area (Å²) in [4.78, 5) is 32.6. The summed E-state index contributed by atoms with van der Waals surface area (Å²) in [6.07, 6.45) is 0. The van der Waals surface area contributed by atoms with E-state index in [4.69, 9.17) is 9.47 Å². The van der Waals surface area contributed by atoms with Crippen molar-refractivity contribution in [3.8, 4) is 11.5 Å². The van der Waals surface area contributed by atoms with Crippen molar-refractivity contribution in [3.63, 3.8) is 0 Å². The molecule has 8 nitrogen and oxygen atoms in total. The monoisotopic (exact) mass is 401 g/mol. The fourth-order valence-electron chi connectivity index (χ4n) is 2.99. The summed E-state index contributed by atoms with van der Waals surface area (Å²) in [5.41, 5.74) is 0.558. The smallest absolute Gasteiger partial charge is 0.279 e. The van der Waals surface area contributed by atoms with Crippen molar-refractivity contribution < 1.29 is 23.6 Å². The van der Waals surface area contributed by atoms with Gasteiger partial charge in [0, 0.05) is 11.8 Å². The molecule has 1 atom stereocenters. The van der Waals surface area contributed by atoms with Crippen molar-refractivity contribution in [2.75, 3.05) is 33.1 Å². The van der Waals surface area contributed by atoms with Gasteiger partial charge >= 0.3 is 0 Å². The molecule has 0 aliphatic heterocycles. The Morgan fingerprint density at radius 2 is 1.93 bits per heavy atom. The fourth-order valence-corrected chi connectivity index (χ4v) is 2.99. The molecule has 0 saturated carbocycles. The SMILES string of the molecule is COc1cc2nc(C[NH+](C)CC(=O)Nc3cccc(F)c3)[nH]c(=O)c2cc1OC. The lowest BCUT2D eigenvalue weighted by molar-refractivity contribution is -0.885. The number of carbonyl (C=O) groups excluding carboxylic acids is 1. The molecule has 1 aromatic heterocycles. The number of nitrogens with zero attached hydrogens (tertiary/aromatic N) is 1. The molecule has 3 rings (SSSR count). The normalized spacial score (nSPS) is 11.9. The van der Waals surface area contributed by atoms with E-state index in [1.165, 1.54) is 32.4 Å². The lowest BCUT2D eigenvalue weighted by Gasteiger charge is -2.14. The first-order chi connectivity index (χ1) is 13.9. The Hall–Kier alpha value is -3.46. The van der Waals surface area contributed by atoms with E-state index in [1.807, 2.05) is 0 Å². The number of carbonyl (C=O) groups is 1. The maximum atomic E-state index is 13.2. The molecule has 3 aromatic rings. The van der Waals surface area contributed by atoms with Crippen molar-refractivity contribution >= 4 is 22.5 Å². The number of H-pyrrole nitrogens is 1. The maximum Gasteiger partial charge on any atom is 0.279 e. The Labute approximate surface area is 166 Å². The Morgan fingerprint density at radius 3 is 2.62 bits per heavy atom. The van der Waals surface area contributed by atoms with Crippen LogP contribution in [0.25, 0.3) is 10.9 Å². The highest BCUT2D eigenvalue weighted by molar-refractivity contribution is 5.91. The molecule has 2 aromatic carbocycles. The molecule has 9 heteroatoms. The number of aromatic nitrogens is 2. The summed E-state index contributed by atoms with van der Waals surface area (Å²) >= 11 is 0. The van der Waals surface area contributed by atoms with Crippen LogP contribution in [-0.4, -0.2) is 43.7 Å². The third-order valence-electron chi connectivity index (χ3n) is 4.30. The number of likely N-dealkylation sites (N-methyl/N-ethyl adjacent to an activating group) is 1. The Balaban J connectivity index is 1.73. The number of anilines is 1. The van der Waals surface area contributed by atoms with Crippen molar-refractivity contribution in [1.82, 2.24) is 9.97 Å². The molecule has 0 aliphatic carbocycles. The van der Waals surface area contributed by atoms with Crippen LogP contribution < -0.4 is 25.2 Å². The van der Waals surface area contributed by atoms with Gasteiger partial charge in [-0.1, -0.05) is 6.07 Å². The van der Waals surface area contributed by atoms with Gasteiger partial charge in [-0.3, -0.25) is 9.59 Å². The number of benzene rings is 2. The second-order valence-corrected chi connectivity index (χ2v) is 6.61. The zero-order valence-electron chi connectivity index (χ0n) is 16.3. The second kappa shape index (κ2) is 8.70. The van der Waals surface area contributed by atoms with E-state index in [-0.39, 0.29) is 18.0 Å². The topological polar surface area (TPSA) is 97.8 Å². The predicted molar refractivity (Wildman–Crippen MR) is 106 cm³/mol. The number of aromatic amines is 1. The molecule has 1 unspecified atom stereocenters. The van der Waals surface area contributed by atoms with E-state index in [2.05, 4.69) is 15.3 Å². The average molecular weight is 401 g/mol. The Morgan fingerprint density at radius 1 is 1.21 bits per heavy atom. The molecule has 1 amide bonds.